The minimum atomic E-state index is -0.178. The van der Waals surface area contributed by atoms with E-state index >= 15 is 0 Å². The zero-order valence-corrected chi connectivity index (χ0v) is 17.7. The van der Waals surface area contributed by atoms with Crippen LogP contribution in [-0.4, -0.2) is 43.5 Å². The fourth-order valence-corrected chi connectivity index (χ4v) is 3.38. The number of methoxy groups -OCH3 is 1. The summed E-state index contributed by atoms with van der Waals surface area (Å²) >= 11 is 0. The summed E-state index contributed by atoms with van der Waals surface area (Å²) in [6, 6.07) is 21.5. The molecule has 0 radical (unpaired) electrons. The molecule has 2 aromatic carbocycles. The lowest BCUT2D eigenvalue weighted by Crippen LogP contribution is -2.38. The molecular weight excluding hydrogens is 392 g/mol. The molecular formula is C25H28N2O4. The predicted molar refractivity (Wildman–Crippen MR) is 119 cm³/mol. The van der Waals surface area contributed by atoms with Crippen LogP contribution < -0.4 is 5.32 Å². The lowest BCUT2D eigenvalue weighted by Gasteiger charge is -2.23. The Labute approximate surface area is 182 Å². The number of rotatable bonds is 11. The van der Waals surface area contributed by atoms with E-state index in [0.717, 1.165) is 11.1 Å². The summed E-state index contributed by atoms with van der Waals surface area (Å²) in [7, 11) is 1.58. The molecule has 1 N–H and O–H groups in total. The average molecular weight is 421 g/mol. The topological polar surface area (TPSA) is 71.8 Å². The molecule has 0 saturated heterocycles. The molecule has 0 saturated carbocycles. The van der Waals surface area contributed by atoms with E-state index in [-0.39, 0.29) is 24.3 Å². The number of ether oxygens (including phenoxy) is 1. The molecule has 0 unspecified atom stereocenters. The second-order valence-electron chi connectivity index (χ2n) is 7.27. The van der Waals surface area contributed by atoms with Crippen LogP contribution in [0.5, 0.6) is 0 Å². The highest BCUT2D eigenvalue weighted by Crippen LogP contribution is 2.18. The quantitative estimate of drug-likeness (QED) is 0.511. The van der Waals surface area contributed by atoms with E-state index in [2.05, 4.69) is 17.4 Å². The van der Waals surface area contributed by atoms with Crippen molar-refractivity contribution in [2.75, 3.05) is 26.8 Å². The minimum absolute atomic E-state index is 0.104. The van der Waals surface area contributed by atoms with Crippen LogP contribution in [0.2, 0.25) is 0 Å². The third-order valence-corrected chi connectivity index (χ3v) is 5.05. The van der Waals surface area contributed by atoms with Gasteiger partial charge in [0.25, 0.3) is 5.91 Å². The van der Waals surface area contributed by atoms with Crippen LogP contribution in [0.1, 0.15) is 33.9 Å². The maximum atomic E-state index is 12.8. The molecule has 0 fully saturated rings. The third kappa shape index (κ3) is 6.83. The highest BCUT2D eigenvalue weighted by molar-refractivity contribution is 5.94. The molecule has 6 nitrogen and oxygen atoms in total. The Morgan fingerprint density at radius 3 is 2.35 bits per heavy atom. The maximum absolute atomic E-state index is 12.8. The largest absolute Gasteiger partial charge is 0.472 e. The summed E-state index contributed by atoms with van der Waals surface area (Å²) < 4.78 is 10.1. The van der Waals surface area contributed by atoms with Crippen molar-refractivity contribution in [1.29, 1.82) is 0 Å². The fourth-order valence-electron chi connectivity index (χ4n) is 3.38. The molecule has 1 aromatic heterocycles. The zero-order valence-electron chi connectivity index (χ0n) is 17.7. The summed E-state index contributed by atoms with van der Waals surface area (Å²) in [6.07, 6.45) is 3.76. The summed E-state index contributed by atoms with van der Waals surface area (Å²) in [5.74, 6) is -0.283. The number of hydrogen-bond acceptors (Lipinski definition) is 4. The van der Waals surface area contributed by atoms with Gasteiger partial charge in [0.2, 0.25) is 5.91 Å². The van der Waals surface area contributed by atoms with Gasteiger partial charge in [-0.2, -0.15) is 0 Å². The predicted octanol–water partition coefficient (Wildman–Crippen LogP) is 3.86. The van der Waals surface area contributed by atoms with Gasteiger partial charge in [0, 0.05) is 26.6 Å². The van der Waals surface area contributed by atoms with E-state index in [1.807, 2.05) is 48.5 Å². The first kappa shape index (κ1) is 22.3. The average Bonchev–Trinajstić information content (AvgIpc) is 3.35. The second-order valence-corrected chi connectivity index (χ2v) is 7.27. The number of amides is 2. The smallest absolute Gasteiger partial charge is 0.257 e. The standard InChI is InChI=1S/C25H28N2O4/c1-30-17-15-27(25(29)22-13-16-31-19-22)14-12-24(28)26-23(21-10-6-3-7-11-21)18-20-8-4-2-5-9-20/h2-11,13,16,19,23H,12,14-15,17-18H2,1H3,(H,26,28)/t23-/m0/s1. The van der Waals surface area contributed by atoms with Gasteiger partial charge in [0.05, 0.1) is 24.5 Å². The number of benzene rings is 2. The highest BCUT2D eigenvalue weighted by atomic mass is 16.5. The normalized spacial score (nSPS) is 11.6. The molecule has 1 atom stereocenters. The molecule has 2 amide bonds. The Balaban J connectivity index is 1.64. The van der Waals surface area contributed by atoms with Crippen LogP contribution in [0.25, 0.3) is 0 Å². The summed E-state index contributed by atoms with van der Waals surface area (Å²) in [6.45, 7) is 1.10. The molecule has 3 aromatic rings. The lowest BCUT2D eigenvalue weighted by atomic mass is 9.98. The molecule has 1 heterocycles. The Morgan fingerprint density at radius 2 is 1.71 bits per heavy atom. The van der Waals surface area contributed by atoms with Crippen LogP contribution in [-0.2, 0) is 16.0 Å². The number of hydrogen-bond donors (Lipinski definition) is 1. The van der Waals surface area contributed by atoms with Gasteiger partial charge in [-0.15, -0.1) is 0 Å². The highest BCUT2D eigenvalue weighted by Gasteiger charge is 2.20. The van der Waals surface area contributed by atoms with Crippen LogP contribution >= 0.6 is 0 Å². The summed E-state index contributed by atoms with van der Waals surface area (Å²) in [5.41, 5.74) is 2.65. The molecule has 3 rings (SSSR count). The molecule has 0 aliphatic rings. The molecule has 31 heavy (non-hydrogen) atoms. The number of nitrogens with zero attached hydrogens (tertiary/aromatic N) is 1. The van der Waals surface area contributed by atoms with Crippen molar-refractivity contribution in [3.05, 3.63) is 95.9 Å². The van der Waals surface area contributed by atoms with Crippen molar-refractivity contribution in [1.82, 2.24) is 10.2 Å². The van der Waals surface area contributed by atoms with Gasteiger partial charge >= 0.3 is 0 Å². The Bertz CT molecular complexity index is 927. The summed E-state index contributed by atoms with van der Waals surface area (Å²) in [5, 5.41) is 3.14. The van der Waals surface area contributed by atoms with E-state index in [9.17, 15) is 9.59 Å². The van der Waals surface area contributed by atoms with Gasteiger partial charge < -0.3 is 19.4 Å². The van der Waals surface area contributed by atoms with Crippen LogP contribution in [0, 0.1) is 0 Å². The van der Waals surface area contributed by atoms with Crippen molar-refractivity contribution in [3.8, 4) is 0 Å². The lowest BCUT2D eigenvalue weighted by molar-refractivity contribution is -0.122. The SMILES string of the molecule is COCCN(CCC(=O)N[C@@H](Cc1ccccc1)c1ccccc1)C(=O)c1ccoc1. The van der Waals surface area contributed by atoms with Crippen molar-refractivity contribution in [3.63, 3.8) is 0 Å². The van der Waals surface area contributed by atoms with E-state index in [1.54, 1.807) is 18.1 Å². The number of nitrogens with one attached hydrogen (secondary N) is 1. The Kier molecular flexibility index (Phi) is 8.43. The van der Waals surface area contributed by atoms with E-state index < -0.39 is 0 Å². The van der Waals surface area contributed by atoms with Gasteiger partial charge in [0.15, 0.2) is 0 Å². The fraction of sp³-hybridized carbons (Fsp3) is 0.280. The molecule has 0 aliphatic heterocycles. The van der Waals surface area contributed by atoms with Gasteiger partial charge in [-0.25, -0.2) is 0 Å². The number of carbonyl (C=O) groups excluding carboxylic acids is 2. The van der Waals surface area contributed by atoms with Gasteiger partial charge in [0.1, 0.15) is 6.26 Å². The summed E-state index contributed by atoms with van der Waals surface area (Å²) in [4.78, 5) is 27.1. The molecule has 0 spiro atoms. The first-order valence-electron chi connectivity index (χ1n) is 10.4. The Morgan fingerprint density at radius 1 is 1.00 bits per heavy atom. The monoisotopic (exact) mass is 420 g/mol. The van der Waals surface area contributed by atoms with Crippen LogP contribution in [0.3, 0.4) is 0 Å². The third-order valence-electron chi connectivity index (χ3n) is 5.05. The van der Waals surface area contributed by atoms with E-state index in [4.69, 9.17) is 9.15 Å². The maximum Gasteiger partial charge on any atom is 0.257 e. The van der Waals surface area contributed by atoms with Gasteiger partial charge in [-0.1, -0.05) is 60.7 Å². The van der Waals surface area contributed by atoms with Crippen molar-refractivity contribution in [2.45, 2.75) is 18.9 Å². The molecule has 6 heteroatoms. The molecule has 0 bridgehead atoms. The number of furan rings is 1. The van der Waals surface area contributed by atoms with Crippen LogP contribution in [0.4, 0.5) is 0 Å². The Hall–Kier alpha value is -3.38. The minimum Gasteiger partial charge on any atom is -0.472 e. The number of carbonyl (C=O) groups is 2. The second kappa shape index (κ2) is 11.7. The van der Waals surface area contributed by atoms with Crippen LogP contribution in [0.15, 0.2) is 83.7 Å². The molecule has 162 valence electrons. The first-order chi connectivity index (χ1) is 15.2. The zero-order chi connectivity index (χ0) is 21.9. The van der Waals surface area contributed by atoms with Crippen molar-refractivity contribution in [2.24, 2.45) is 0 Å². The van der Waals surface area contributed by atoms with E-state index in [1.165, 1.54) is 12.5 Å². The van der Waals surface area contributed by atoms with E-state index in [0.29, 0.717) is 31.7 Å². The van der Waals surface area contributed by atoms with Crippen molar-refractivity contribution >= 4 is 11.8 Å². The van der Waals surface area contributed by atoms with Crippen molar-refractivity contribution < 1.29 is 18.7 Å². The first-order valence-corrected chi connectivity index (χ1v) is 10.4. The molecule has 0 aliphatic carbocycles. The van der Waals surface area contributed by atoms with Gasteiger partial charge in [-0.05, 0) is 23.6 Å². The van der Waals surface area contributed by atoms with Gasteiger partial charge in [-0.3, -0.25) is 9.59 Å².